The molecule has 8 atom stereocenters. The largest absolute Gasteiger partial charge is 0.478 e. The zero-order valence-electron chi connectivity index (χ0n) is 19.9. The fourth-order valence-corrected chi connectivity index (χ4v) is 8.57. The Bertz CT molecular complexity index is 790. The highest BCUT2D eigenvalue weighted by molar-refractivity contribution is 7.79. The van der Waals surface area contributed by atoms with E-state index in [9.17, 15) is 4.79 Å². The summed E-state index contributed by atoms with van der Waals surface area (Å²) in [7, 11) is -4.67. The third-order valence-electron chi connectivity index (χ3n) is 9.83. The zero-order valence-corrected chi connectivity index (χ0v) is 20.7. The maximum absolute atomic E-state index is 11.0. The Labute approximate surface area is 193 Å². The van der Waals surface area contributed by atoms with E-state index in [0.29, 0.717) is 22.7 Å². The highest BCUT2D eigenvalue weighted by Crippen LogP contribution is 2.68. The molecule has 4 fully saturated rings. The van der Waals surface area contributed by atoms with Crippen molar-refractivity contribution in [3.05, 3.63) is 12.2 Å². The van der Waals surface area contributed by atoms with Crippen molar-refractivity contribution in [3.63, 3.8) is 0 Å². The van der Waals surface area contributed by atoms with Gasteiger partial charge in [0.1, 0.15) is 0 Å². The Morgan fingerprint density at radius 2 is 1.56 bits per heavy atom. The molecule has 0 aromatic rings. The van der Waals surface area contributed by atoms with Gasteiger partial charge in [0.2, 0.25) is 0 Å². The van der Waals surface area contributed by atoms with Crippen LogP contribution in [-0.4, -0.2) is 28.6 Å². The molecule has 4 saturated carbocycles. The summed E-state index contributed by atoms with van der Waals surface area (Å²) in [6.45, 7) is 7.47. The SMILES string of the molecule is CC(C=CC(=O)O)[C@H]1CC[C@H]2[C@@H]3CCC4CCCC[C@]4(C)[C@H]3CC[C@]12C.N.O=S(=O)(O)O. The van der Waals surface area contributed by atoms with Gasteiger partial charge in [-0.15, -0.1) is 0 Å². The number of rotatable bonds is 3. The van der Waals surface area contributed by atoms with Gasteiger partial charge in [0, 0.05) is 6.08 Å². The molecule has 0 heterocycles. The molecule has 0 aliphatic heterocycles. The van der Waals surface area contributed by atoms with Crippen LogP contribution in [0.2, 0.25) is 0 Å². The summed E-state index contributed by atoms with van der Waals surface area (Å²) < 4.78 is 31.6. The monoisotopic (exact) mass is 473 g/mol. The topological polar surface area (TPSA) is 147 Å². The molecule has 2 unspecified atom stereocenters. The van der Waals surface area contributed by atoms with E-state index in [1.165, 1.54) is 70.3 Å². The fourth-order valence-electron chi connectivity index (χ4n) is 8.57. The van der Waals surface area contributed by atoms with Crippen molar-refractivity contribution < 1.29 is 27.4 Å². The van der Waals surface area contributed by atoms with Gasteiger partial charge in [0.25, 0.3) is 0 Å². The molecule has 6 N–H and O–H groups in total. The maximum Gasteiger partial charge on any atom is 0.394 e. The molecule has 0 aromatic heterocycles. The second-order valence-electron chi connectivity index (χ2n) is 11.1. The average molecular weight is 474 g/mol. The molecule has 0 saturated heterocycles. The van der Waals surface area contributed by atoms with E-state index in [1.54, 1.807) is 0 Å². The number of carbonyl (C=O) groups is 1. The number of carboxylic acids is 1. The van der Waals surface area contributed by atoms with Crippen molar-refractivity contribution in [2.24, 2.45) is 46.3 Å². The van der Waals surface area contributed by atoms with E-state index >= 15 is 0 Å². The minimum atomic E-state index is -4.67. The van der Waals surface area contributed by atoms with Crippen molar-refractivity contribution in [2.45, 2.75) is 85.0 Å². The van der Waals surface area contributed by atoms with E-state index in [4.69, 9.17) is 22.6 Å². The van der Waals surface area contributed by atoms with Crippen LogP contribution in [0.25, 0.3) is 0 Å². The lowest BCUT2D eigenvalue weighted by Crippen LogP contribution is -2.53. The van der Waals surface area contributed by atoms with E-state index in [-0.39, 0.29) is 6.15 Å². The first kappa shape index (κ1) is 27.3. The van der Waals surface area contributed by atoms with Crippen LogP contribution in [-0.2, 0) is 15.2 Å². The second kappa shape index (κ2) is 10.1. The molecule has 0 bridgehead atoms. The van der Waals surface area contributed by atoms with Crippen molar-refractivity contribution in [1.82, 2.24) is 6.15 Å². The zero-order chi connectivity index (χ0) is 23.0. The van der Waals surface area contributed by atoms with E-state index in [1.807, 2.05) is 6.08 Å². The van der Waals surface area contributed by atoms with Crippen LogP contribution >= 0.6 is 0 Å². The van der Waals surface area contributed by atoms with Gasteiger partial charge < -0.3 is 11.3 Å². The van der Waals surface area contributed by atoms with Crippen LogP contribution in [0, 0.1) is 46.3 Å². The normalized spacial score (nSPS) is 41.8. The molecular formula is C24H43NO6S. The molecule has 7 nitrogen and oxygen atoms in total. The van der Waals surface area contributed by atoms with Crippen LogP contribution in [0.4, 0.5) is 0 Å². The number of aliphatic carboxylic acids is 1. The van der Waals surface area contributed by atoms with Crippen LogP contribution in [0.5, 0.6) is 0 Å². The maximum atomic E-state index is 11.0. The van der Waals surface area contributed by atoms with Gasteiger partial charge >= 0.3 is 16.4 Å². The lowest BCUT2D eigenvalue weighted by molar-refractivity contribution is -0.131. The predicted octanol–water partition coefficient (Wildman–Crippen LogP) is 5.82. The lowest BCUT2D eigenvalue weighted by atomic mass is 9.44. The Morgan fingerprint density at radius 3 is 2.19 bits per heavy atom. The van der Waals surface area contributed by atoms with Crippen molar-refractivity contribution in [2.75, 3.05) is 0 Å². The molecule has 0 spiro atoms. The third-order valence-corrected chi connectivity index (χ3v) is 9.83. The molecule has 0 aromatic carbocycles. The van der Waals surface area contributed by atoms with Gasteiger partial charge in [-0.2, -0.15) is 8.42 Å². The van der Waals surface area contributed by atoms with Gasteiger partial charge in [-0.3, -0.25) is 9.11 Å². The molecule has 0 amide bonds. The van der Waals surface area contributed by atoms with Crippen molar-refractivity contribution in [1.29, 1.82) is 0 Å². The number of allylic oxidation sites excluding steroid dienone is 1. The van der Waals surface area contributed by atoms with Crippen molar-refractivity contribution >= 4 is 16.4 Å². The molecule has 8 heteroatoms. The molecule has 0 radical (unpaired) electrons. The summed E-state index contributed by atoms with van der Waals surface area (Å²) in [5, 5.41) is 9.01. The van der Waals surface area contributed by atoms with E-state index in [0.717, 1.165) is 23.7 Å². The van der Waals surface area contributed by atoms with Gasteiger partial charge in [-0.05, 0) is 97.7 Å². The molecular weight excluding hydrogens is 430 g/mol. The Kier molecular flexibility index (Phi) is 8.63. The molecule has 32 heavy (non-hydrogen) atoms. The first-order valence-electron chi connectivity index (χ1n) is 12.0. The Balaban J connectivity index is 0.000000548. The third kappa shape index (κ3) is 5.57. The number of fused-ring (bicyclic) bond motifs is 5. The van der Waals surface area contributed by atoms with Crippen molar-refractivity contribution in [3.8, 4) is 0 Å². The fraction of sp³-hybridized carbons (Fsp3) is 0.875. The minimum absolute atomic E-state index is 0. The van der Waals surface area contributed by atoms with Crippen LogP contribution in [0.3, 0.4) is 0 Å². The molecule has 4 rings (SSSR count). The highest BCUT2D eigenvalue weighted by atomic mass is 32.3. The average Bonchev–Trinajstić information content (AvgIpc) is 3.01. The first-order chi connectivity index (χ1) is 14.4. The summed E-state index contributed by atoms with van der Waals surface area (Å²) in [6, 6.07) is 0. The minimum Gasteiger partial charge on any atom is -0.478 e. The number of carboxylic acid groups (broad SMARTS) is 1. The summed E-state index contributed by atoms with van der Waals surface area (Å²) in [5.41, 5.74) is 1.05. The van der Waals surface area contributed by atoms with Crippen LogP contribution in [0.15, 0.2) is 12.2 Å². The Morgan fingerprint density at radius 1 is 0.938 bits per heavy atom. The summed E-state index contributed by atoms with van der Waals surface area (Å²) in [6.07, 6.45) is 17.7. The highest BCUT2D eigenvalue weighted by Gasteiger charge is 2.59. The second-order valence-corrected chi connectivity index (χ2v) is 12.0. The van der Waals surface area contributed by atoms with E-state index in [2.05, 4.69) is 20.8 Å². The first-order valence-corrected chi connectivity index (χ1v) is 13.4. The predicted molar refractivity (Wildman–Crippen MR) is 125 cm³/mol. The van der Waals surface area contributed by atoms with Crippen LogP contribution in [0.1, 0.15) is 85.0 Å². The summed E-state index contributed by atoms with van der Waals surface area (Å²) >= 11 is 0. The van der Waals surface area contributed by atoms with E-state index < -0.39 is 16.4 Å². The van der Waals surface area contributed by atoms with Gasteiger partial charge in [0.15, 0.2) is 0 Å². The summed E-state index contributed by atoms with van der Waals surface area (Å²) in [4.78, 5) is 11.0. The summed E-state index contributed by atoms with van der Waals surface area (Å²) in [5.74, 6) is 4.03. The Hall–Kier alpha value is -0.960. The van der Waals surface area contributed by atoms with Gasteiger partial charge in [0.05, 0.1) is 0 Å². The molecule has 4 aliphatic rings. The number of hydrogen-bond donors (Lipinski definition) is 4. The molecule has 4 aliphatic carbocycles. The standard InChI is InChI=1S/C24H38O2.H3N.H2O4S/c1-16(7-12-22(25)26)19-10-11-20-18-9-8-17-6-4-5-14-23(17,2)21(18)13-15-24(19,20)3;;1-5(2,3)4/h7,12,16-21H,4-6,8-11,13-15H2,1-3H3,(H,25,26);1H3;(H2,1,2,3,4)/t16?,17?,18-,19+,20-,21-,23-,24+;;/m0../s1. The van der Waals surface area contributed by atoms with Crippen LogP contribution < -0.4 is 6.15 Å². The molecule has 186 valence electrons. The quantitative estimate of drug-likeness (QED) is 0.298. The number of hydrogen-bond acceptors (Lipinski definition) is 4. The van der Waals surface area contributed by atoms with Gasteiger partial charge in [-0.1, -0.05) is 39.7 Å². The lowest BCUT2D eigenvalue weighted by Gasteiger charge is -2.60. The smallest absolute Gasteiger partial charge is 0.394 e. The van der Waals surface area contributed by atoms with Gasteiger partial charge in [-0.25, -0.2) is 4.79 Å².